The molecule has 2 heterocycles. The number of imidazole rings is 1. The van der Waals surface area contributed by atoms with Crippen LogP contribution in [0.15, 0.2) is 12.4 Å². The summed E-state index contributed by atoms with van der Waals surface area (Å²) in [6.07, 6.45) is 6.86. The first-order chi connectivity index (χ1) is 8.31. The number of rotatable bonds is 5. The molecule has 5 heteroatoms. The summed E-state index contributed by atoms with van der Waals surface area (Å²) in [7, 11) is 0. The van der Waals surface area contributed by atoms with Crippen molar-refractivity contribution in [1.82, 2.24) is 20.2 Å². The van der Waals surface area contributed by atoms with E-state index in [1.807, 2.05) is 12.4 Å². The standard InChI is InChI=1S/C12H20N4O/c1-2-7-16-8-6-13-11(16)9-15-10-4-3-5-14-12(10)17/h6,8,10,15H,2-5,7,9H2,1H3,(H,14,17). The molecule has 1 atom stereocenters. The molecular weight excluding hydrogens is 216 g/mol. The van der Waals surface area contributed by atoms with Crippen molar-refractivity contribution in [2.24, 2.45) is 0 Å². The van der Waals surface area contributed by atoms with E-state index in [0.29, 0.717) is 6.54 Å². The minimum atomic E-state index is -0.0597. The Morgan fingerprint density at radius 1 is 1.65 bits per heavy atom. The monoisotopic (exact) mass is 236 g/mol. The van der Waals surface area contributed by atoms with E-state index >= 15 is 0 Å². The van der Waals surface area contributed by atoms with E-state index in [0.717, 1.165) is 38.2 Å². The maximum absolute atomic E-state index is 11.6. The Labute approximate surface area is 102 Å². The molecule has 1 aliphatic heterocycles. The highest BCUT2D eigenvalue weighted by molar-refractivity contribution is 5.82. The van der Waals surface area contributed by atoms with E-state index < -0.39 is 0 Å². The van der Waals surface area contributed by atoms with Crippen LogP contribution >= 0.6 is 0 Å². The van der Waals surface area contributed by atoms with Crippen LogP contribution in [-0.4, -0.2) is 28.0 Å². The van der Waals surface area contributed by atoms with Crippen LogP contribution in [0.2, 0.25) is 0 Å². The summed E-state index contributed by atoms with van der Waals surface area (Å²) in [5.74, 6) is 1.12. The summed E-state index contributed by atoms with van der Waals surface area (Å²) in [4.78, 5) is 15.9. The molecule has 5 nitrogen and oxygen atoms in total. The summed E-state index contributed by atoms with van der Waals surface area (Å²) in [5, 5.41) is 6.15. The van der Waals surface area contributed by atoms with Crippen molar-refractivity contribution in [2.45, 2.75) is 45.3 Å². The highest BCUT2D eigenvalue weighted by Gasteiger charge is 2.21. The number of carbonyl (C=O) groups excluding carboxylic acids is 1. The van der Waals surface area contributed by atoms with Crippen LogP contribution in [0.25, 0.3) is 0 Å². The Bertz CT molecular complexity index is 374. The molecule has 0 spiro atoms. The summed E-state index contributed by atoms with van der Waals surface area (Å²) in [6.45, 7) is 4.59. The first-order valence-electron chi connectivity index (χ1n) is 6.32. The molecular formula is C12H20N4O. The van der Waals surface area contributed by atoms with Gasteiger partial charge in [0.15, 0.2) is 0 Å². The number of carbonyl (C=O) groups is 1. The Balaban J connectivity index is 1.88. The first kappa shape index (κ1) is 12.1. The summed E-state index contributed by atoms with van der Waals surface area (Å²) < 4.78 is 2.13. The molecule has 1 aromatic rings. The van der Waals surface area contributed by atoms with Gasteiger partial charge in [-0.25, -0.2) is 4.98 Å². The first-order valence-corrected chi connectivity index (χ1v) is 6.32. The van der Waals surface area contributed by atoms with Gasteiger partial charge in [0.25, 0.3) is 0 Å². The molecule has 2 N–H and O–H groups in total. The molecule has 0 saturated carbocycles. The zero-order chi connectivity index (χ0) is 12.1. The molecule has 1 fully saturated rings. The molecule has 94 valence electrons. The predicted molar refractivity (Wildman–Crippen MR) is 65.4 cm³/mol. The maximum atomic E-state index is 11.6. The Kier molecular flexibility index (Phi) is 4.14. The molecule has 1 saturated heterocycles. The summed E-state index contributed by atoms with van der Waals surface area (Å²) in [5.41, 5.74) is 0. The lowest BCUT2D eigenvalue weighted by atomic mass is 10.1. The number of amides is 1. The lowest BCUT2D eigenvalue weighted by molar-refractivity contribution is -0.124. The van der Waals surface area contributed by atoms with Gasteiger partial charge in [-0.05, 0) is 19.3 Å². The van der Waals surface area contributed by atoms with Gasteiger partial charge in [0.05, 0.1) is 12.6 Å². The lowest BCUT2D eigenvalue weighted by Gasteiger charge is -2.22. The van der Waals surface area contributed by atoms with Gasteiger partial charge in [-0.2, -0.15) is 0 Å². The molecule has 1 amide bonds. The topological polar surface area (TPSA) is 59.0 Å². The van der Waals surface area contributed by atoms with Crippen molar-refractivity contribution >= 4 is 5.91 Å². The van der Waals surface area contributed by atoms with Gasteiger partial charge in [0.1, 0.15) is 5.82 Å². The Morgan fingerprint density at radius 2 is 2.53 bits per heavy atom. The third-order valence-electron chi connectivity index (χ3n) is 3.06. The van der Waals surface area contributed by atoms with Crippen molar-refractivity contribution in [3.05, 3.63) is 18.2 Å². The van der Waals surface area contributed by atoms with Crippen molar-refractivity contribution in [3.63, 3.8) is 0 Å². The van der Waals surface area contributed by atoms with Crippen molar-refractivity contribution in [1.29, 1.82) is 0 Å². The van der Waals surface area contributed by atoms with Crippen LogP contribution in [0.3, 0.4) is 0 Å². The normalized spacial score (nSPS) is 20.3. The van der Waals surface area contributed by atoms with Crippen LogP contribution in [0.1, 0.15) is 32.0 Å². The zero-order valence-corrected chi connectivity index (χ0v) is 10.3. The van der Waals surface area contributed by atoms with Crippen LogP contribution < -0.4 is 10.6 Å². The minimum absolute atomic E-state index is 0.0597. The Morgan fingerprint density at radius 3 is 3.29 bits per heavy atom. The van der Waals surface area contributed by atoms with Gasteiger partial charge in [0, 0.05) is 25.5 Å². The van der Waals surface area contributed by atoms with Crippen LogP contribution in [0.4, 0.5) is 0 Å². The zero-order valence-electron chi connectivity index (χ0n) is 10.3. The molecule has 1 aliphatic rings. The fourth-order valence-corrected chi connectivity index (χ4v) is 2.13. The number of nitrogens with one attached hydrogen (secondary N) is 2. The Hall–Kier alpha value is -1.36. The van der Waals surface area contributed by atoms with E-state index in [9.17, 15) is 4.79 Å². The molecule has 1 unspecified atom stereocenters. The molecule has 1 aromatic heterocycles. The number of aryl methyl sites for hydroxylation is 1. The average molecular weight is 236 g/mol. The predicted octanol–water partition coefficient (Wildman–Crippen LogP) is 0.661. The van der Waals surface area contributed by atoms with Gasteiger partial charge < -0.3 is 9.88 Å². The second-order valence-electron chi connectivity index (χ2n) is 4.40. The lowest BCUT2D eigenvalue weighted by Crippen LogP contribution is -2.48. The minimum Gasteiger partial charge on any atom is -0.355 e. The SMILES string of the molecule is CCCn1ccnc1CNC1CCCNC1=O. The van der Waals surface area contributed by atoms with E-state index in [1.165, 1.54) is 0 Å². The average Bonchev–Trinajstić information content (AvgIpc) is 2.76. The van der Waals surface area contributed by atoms with Gasteiger partial charge in [-0.15, -0.1) is 0 Å². The third kappa shape index (κ3) is 3.06. The van der Waals surface area contributed by atoms with Crippen LogP contribution in [-0.2, 0) is 17.9 Å². The van der Waals surface area contributed by atoms with Gasteiger partial charge >= 0.3 is 0 Å². The number of aromatic nitrogens is 2. The number of hydrogen-bond donors (Lipinski definition) is 2. The van der Waals surface area contributed by atoms with E-state index in [-0.39, 0.29) is 11.9 Å². The van der Waals surface area contributed by atoms with E-state index in [1.54, 1.807) is 0 Å². The van der Waals surface area contributed by atoms with Gasteiger partial charge in [-0.1, -0.05) is 6.92 Å². The van der Waals surface area contributed by atoms with Crippen molar-refractivity contribution in [3.8, 4) is 0 Å². The van der Waals surface area contributed by atoms with Crippen molar-refractivity contribution in [2.75, 3.05) is 6.54 Å². The molecule has 0 aliphatic carbocycles. The number of piperidine rings is 1. The van der Waals surface area contributed by atoms with E-state index in [4.69, 9.17) is 0 Å². The quantitative estimate of drug-likeness (QED) is 0.789. The molecule has 2 rings (SSSR count). The largest absolute Gasteiger partial charge is 0.355 e. The third-order valence-corrected chi connectivity index (χ3v) is 3.06. The van der Waals surface area contributed by atoms with Gasteiger partial charge in [-0.3, -0.25) is 10.1 Å². The highest BCUT2D eigenvalue weighted by Crippen LogP contribution is 2.05. The van der Waals surface area contributed by atoms with Crippen LogP contribution in [0.5, 0.6) is 0 Å². The molecule has 0 radical (unpaired) electrons. The fraction of sp³-hybridized carbons (Fsp3) is 0.667. The number of nitrogens with zero attached hydrogens (tertiary/aromatic N) is 2. The molecule has 17 heavy (non-hydrogen) atoms. The molecule has 0 aromatic carbocycles. The molecule has 0 bridgehead atoms. The van der Waals surface area contributed by atoms with Crippen LogP contribution in [0, 0.1) is 0 Å². The van der Waals surface area contributed by atoms with Gasteiger partial charge in [0.2, 0.25) is 5.91 Å². The fourth-order valence-electron chi connectivity index (χ4n) is 2.13. The van der Waals surface area contributed by atoms with E-state index in [2.05, 4.69) is 27.1 Å². The smallest absolute Gasteiger partial charge is 0.237 e. The summed E-state index contributed by atoms with van der Waals surface area (Å²) in [6, 6.07) is -0.0597. The maximum Gasteiger partial charge on any atom is 0.237 e. The summed E-state index contributed by atoms with van der Waals surface area (Å²) >= 11 is 0. The van der Waals surface area contributed by atoms with Crippen molar-refractivity contribution < 1.29 is 4.79 Å². The second-order valence-corrected chi connectivity index (χ2v) is 4.40. The highest BCUT2D eigenvalue weighted by atomic mass is 16.2. The second kappa shape index (κ2) is 5.82. The number of hydrogen-bond acceptors (Lipinski definition) is 3.